The predicted octanol–water partition coefficient (Wildman–Crippen LogP) is 4.45. The Labute approximate surface area is 123 Å². The van der Waals surface area contributed by atoms with E-state index in [2.05, 4.69) is 36.0 Å². The molecule has 2 rings (SSSR count). The lowest BCUT2D eigenvalue weighted by molar-refractivity contribution is -0.0498. The molecule has 2 aromatic carbocycles. The number of halogens is 2. The Morgan fingerprint density at radius 2 is 1.71 bits per heavy atom. The molecule has 0 saturated carbocycles. The van der Waals surface area contributed by atoms with Crippen LogP contribution in [0.3, 0.4) is 0 Å². The van der Waals surface area contributed by atoms with Crippen molar-refractivity contribution in [1.29, 1.82) is 0 Å². The Morgan fingerprint density at radius 3 is 2.33 bits per heavy atom. The normalized spacial score (nSPS) is 12.4. The first-order valence-electron chi connectivity index (χ1n) is 6.89. The predicted molar refractivity (Wildman–Crippen MR) is 79.5 cm³/mol. The summed E-state index contributed by atoms with van der Waals surface area (Å²) in [6.07, 6.45) is 0. The maximum absolute atomic E-state index is 12.1. The third-order valence-electron chi connectivity index (χ3n) is 3.42. The van der Waals surface area contributed by atoms with Crippen LogP contribution in [0, 0.1) is 6.92 Å². The molecule has 2 nitrogen and oxygen atoms in total. The van der Waals surface area contributed by atoms with Crippen LogP contribution in [0.15, 0.2) is 48.5 Å². The molecule has 0 aliphatic rings. The summed E-state index contributed by atoms with van der Waals surface area (Å²) in [7, 11) is 0. The summed E-state index contributed by atoms with van der Waals surface area (Å²) in [6.45, 7) is 2.08. The SMILES string of the molecule is Cc1ccccc1[C@@H](C)NCc1ccc(OC(F)F)cc1. The van der Waals surface area contributed by atoms with Gasteiger partial charge in [-0.15, -0.1) is 0 Å². The van der Waals surface area contributed by atoms with Crippen LogP contribution < -0.4 is 10.1 Å². The Bertz CT molecular complexity index is 569. The summed E-state index contributed by atoms with van der Waals surface area (Å²) < 4.78 is 28.5. The number of ether oxygens (including phenoxy) is 1. The minimum Gasteiger partial charge on any atom is -0.435 e. The average Bonchev–Trinajstić information content (AvgIpc) is 2.46. The Hall–Kier alpha value is -1.94. The fraction of sp³-hybridized carbons (Fsp3) is 0.294. The van der Waals surface area contributed by atoms with Crippen LogP contribution in [0.4, 0.5) is 8.78 Å². The molecule has 1 N–H and O–H groups in total. The summed E-state index contributed by atoms with van der Waals surface area (Å²) >= 11 is 0. The van der Waals surface area contributed by atoms with Crippen molar-refractivity contribution in [2.24, 2.45) is 0 Å². The first-order chi connectivity index (χ1) is 10.1. The van der Waals surface area contributed by atoms with E-state index < -0.39 is 6.61 Å². The molecule has 0 spiro atoms. The van der Waals surface area contributed by atoms with E-state index in [9.17, 15) is 8.78 Å². The van der Waals surface area contributed by atoms with Crippen LogP contribution in [0.1, 0.15) is 29.7 Å². The van der Waals surface area contributed by atoms with Gasteiger partial charge in [0.25, 0.3) is 0 Å². The van der Waals surface area contributed by atoms with Crippen LogP contribution in [-0.2, 0) is 6.54 Å². The molecule has 112 valence electrons. The van der Waals surface area contributed by atoms with Gasteiger partial charge in [-0.05, 0) is 42.7 Å². The largest absolute Gasteiger partial charge is 0.435 e. The molecule has 0 aromatic heterocycles. The van der Waals surface area contributed by atoms with Gasteiger partial charge in [0.1, 0.15) is 5.75 Å². The average molecular weight is 291 g/mol. The molecule has 0 heterocycles. The number of hydrogen-bond acceptors (Lipinski definition) is 2. The van der Waals surface area contributed by atoms with Crippen LogP contribution in [0.5, 0.6) is 5.75 Å². The van der Waals surface area contributed by atoms with Crippen molar-refractivity contribution in [3.05, 3.63) is 65.2 Å². The number of aryl methyl sites for hydroxylation is 1. The molecule has 4 heteroatoms. The summed E-state index contributed by atoms with van der Waals surface area (Å²) in [5.41, 5.74) is 3.53. The molecule has 0 aliphatic heterocycles. The van der Waals surface area contributed by atoms with Crippen LogP contribution in [-0.4, -0.2) is 6.61 Å². The molecular weight excluding hydrogens is 272 g/mol. The topological polar surface area (TPSA) is 21.3 Å². The van der Waals surface area contributed by atoms with E-state index in [1.165, 1.54) is 11.1 Å². The van der Waals surface area contributed by atoms with Gasteiger partial charge in [-0.2, -0.15) is 8.78 Å². The van der Waals surface area contributed by atoms with Crippen molar-refractivity contribution in [2.45, 2.75) is 33.0 Å². The number of rotatable bonds is 6. The summed E-state index contributed by atoms with van der Waals surface area (Å²) in [5.74, 6) is 0.181. The van der Waals surface area contributed by atoms with Crippen molar-refractivity contribution < 1.29 is 13.5 Å². The van der Waals surface area contributed by atoms with E-state index in [-0.39, 0.29) is 11.8 Å². The third-order valence-corrected chi connectivity index (χ3v) is 3.42. The second kappa shape index (κ2) is 7.18. The lowest BCUT2D eigenvalue weighted by Crippen LogP contribution is -2.18. The van der Waals surface area contributed by atoms with Gasteiger partial charge in [0.05, 0.1) is 0 Å². The highest BCUT2D eigenvalue weighted by Crippen LogP contribution is 2.18. The summed E-state index contributed by atoms with van der Waals surface area (Å²) in [5, 5.41) is 3.43. The quantitative estimate of drug-likeness (QED) is 0.849. The van der Waals surface area contributed by atoms with Gasteiger partial charge < -0.3 is 10.1 Å². The van der Waals surface area contributed by atoms with Gasteiger partial charge in [0.2, 0.25) is 0 Å². The van der Waals surface area contributed by atoms with E-state index >= 15 is 0 Å². The molecule has 0 amide bonds. The van der Waals surface area contributed by atoms with E-state index in [4.69, 9.17) is 0 Å². The highest BCUT2D eigenvalue weighted by Gasteiger charge is 2.08. The van der Waals surface area contributed by atoms with Crippen molar-refractivity contribution >= 4 is 0 Å². The van der Waals surface area contributed by atoms with Crippen molar-refractivity contribution in [3.8, 4) is 5.75 Å². The second-order valence-electron chi connectivity index (χ2n) is 4.98. The first kappa shape index (κ1) is 15.4. The molecule has 1 atom stereocenters. The zero-order valence-electron chi connectivity index (χ0n) is 12.1. The van der Waals surface area contributed by atoms with E-state index in [1.807, 2.05) is 12.1 Å². The highest BCUT2D eigenvalue weighted by atomic mass is 19.3. The molecule has 0 aliphatic carbocycles. The number of nitrogens with one attached hydrogen (secondary N) is 1. The molecule has 0 bridgehead atoms. The summed E-state index contributed by atoms with van der Waals surface area (Å²) in [6, 6.07) is 15.2. The second-order valence-corrected chi connectivity index (χ2v) is 4.98. The minimum absolute atomic E-state index is 0.181. The molecule has 2 aromatic rings. The van der Waals surface area contributed by atoms with Gasteiger partial charge >= 0.3 is 6.61 Å². The monoisotopic (exact) mass is 291 g/mol. The fourth-order valence-electron chi connectivity index (χ4n) is 2.24. The molecule has 0 saturated heterocycles. The number of benzene rings is 2. The van der Waals surface area contributed by atoms with Crippen molar-refractivity contribution in [1.82, 2.24) is 5.32 Å². The third kappa shape index (κ3) is 4.53. The maximum Gasteiger partial charge on any atom is 0.387 e. The van der Waals surface area contributed by atoms with Gasteiger partial charge in [0.15, 0.2) is 0 Å². The lowest BCUT2D eigenvalue weighted by Gasteiger charge is -2.16. The minimum atomic E-state index is -2.78. The van der Waals surface area contributed by atoms with Crippen LogP contribution in [0.2, 0.25) is 0 Å². The molecule has 21 heavy (non-hydrogen) atoms. The van der Waals surface area contributed by atoms with E-state index in [0.29, 0.717) is 6.54 Å². The number of hydrogen-bond donors (Lipinski definition) is 1. The van der Waals surface area contributed by atoms with Gasteiger partial charge in [-0.25, -0.2) is 0 Å². The van der Waals surface area contributed by atoms with Gasteiger partial charge in [-0.1, -0.05) is 36.4 Å². The van der Waals surface area contributed by atoms with Gasteiger partial charge in [-0.3, -0.25) is 0 Å². The zero-order chi connectivity index (χ0) is 15.2. The standard InChI is InChI=1S/C17H19F2NO/c1-12-5-3-4-6-16(12)13(2)20-11-14-7-9-15(10-8-14)21-17(18)19/h3-10,13,17,20H,11H2,1-2H3/t13-/m1/s1. The fourth-order valence-corrected chi connectivity index (χ4v) is 2.24. The molecule has 0 radical (unpaired) electrons. The maximum atomic E-state index is 12.1. The Morgan fingerprint density at radius 1 is 1.05 bits per heavy atom. The van der Waals surface area contributed by atoms with E-state index in [0.717, 1.165) is 5.56 Å². The van der Waals surface area contributed by atoms with Crippen molar-refractivity contribution in [2.75, 3.05) is 0 Å². The van der Waals surface area contributed by atoms with Gasteiger partial charge in [0, 0.05) is 12.6 Å². The molecule has 0 fully saturated rings. The summed E-state index contributed by atoms with van der Waals surface area (Å²) in [4.78, 5) is 0. The van der Waals surface area contributed by atoms with E-state index in [1.54, 1.807) is 24.3 Å². The lowest BCUT2D eigenvalue weighted by atomic mass is 10.0. The van der Waals surface area contributed by atoms with Crippen LogP contribution >= 0.6 is 0 Å². The zero-order valence-corrected chi connectivity index (χ0v) is 12.1. The Kier molecular flexibility index (Phi) is 5.28. The van der Waals surface area contributed by atoms with Crippen molar-refractivity contribution in [3.63, 3.8) is 0 Å². The number of alkyl halides is 2. The highest BCUT2D eigenvalue weighted by molar-refractivity contribution is 5.29. The first-order valence-corrected chi connectivity index (χ1v) is 6.89. The Balaban J connectivity index is 1.92. The molecule has 0 unspecified atom stereocenters. The van der Waals surface area contributed by atoms with Crippen LogP contribution in [0.25, 0.3) is 0 Å². The molecular formula is C17H19F2NO. The smallest absolute Gasteiger partial charge is 0.387 e.